The SMILES string of the molecule is Cc1ccc(NC(=O)c2cc(N3CCCCCC3)ncn2)cc1Cl. The van der Waals surface area contributed by atoms with Crippen LogP contribution in [0.1, 0.15) is 41.7 Å². The molecule has 0 atom stereocenters. The van der Waals surface area contributed by atoms with Gasteiger partial charge in [0.25, 0.3) is 5.91 Å². The molecule has 126 valence electrons. The third-order valence-corrected chi connectivity index (χ3v) is 4.65. The molecule has 5 nitrogen and oxygen atoms in total. The van der Waals surface area contributed by atoms with Crippen molar-refractivity contribution in [3.63, 3.8) is 0 Å². The Hall–Kier alpha value is -2.14. The van der Waals surface area contributed by atoms with E-state index in [4.69, 9.17) is 11.6 Å². The second-order valence-electron chi connectivity index (χ2n) is 6.08. The third kappa shape index (κ3) is 4.03. The first-order chi connectivity index (χ1) is 11.6. The first kappa shape index (κ1) is 16.7. The summed E-state index contributed by atoms with van der Waals surface area (Å²) in [5.41, 5.74) is 1.99. The summed E-state index contributed by atoms with van der Waals surface area (Å²) in [4.78, 5) is 23.1. The minimum atomic E-state index is -0.256. The Balaban J connectivity index is 1.74. The minimum Gasteiger partial charge on any atom is -0.357 e. The van der Waals surface area contributed by atoms with Gasteiger partial charge in [0.15, 0.2) is 0 Å². The molecular formula is C18H21ClN4O. The number of rotatable bonds is 3. The summed E-state index contributed by atoms with van der Waals surface area (Å²) in [7, 11) is 0. The van der Waals surface area contributed by atoms with Crippen LogP contribution in [0.15, 0.2) is 30.6 Å². The molecule has 0 bridgehead atoms. The van der Waals surface area contributed by atoms with Crippen molar-refractivity contribution in [2.75, 3.05) is 23.3 Å². The van der Waals surface area contributed by atoms with Crippen LogP contribution >= 0.6 is 11.6 Å². The van der Waals surface area contributed by atoms with Gasteiger partial charge in [0.05, 0.1) is 0 Å². The first-order valence-electron chi connectivity index (χ1n) is 8.28. The van der Waals surface area contributed by atoms with Crippen LogP contribution in [0, 0.1) is 6.92 Å². The maximum absolute atomic E-state index is 12.5. The molecule has 2 aromatic rings. The summed E-state index contributed by atoms with van der Waals surface area (Å²) < 4.78 is 0. The van der Waals surface area contributed by atoms with Crippen molar-refractivity contribution in [3.05, 3.63) is 46.9 Å². The number of nitrogens with one attached hydrogen (secondary N) is 1. The summed E-state index contributed by atoms with van der Waals surface area (Å²) in [6.45, 7) is 3.88. The van der Waals surface area contributed by atoms with Gasteiger partial charge in [0, 0.05) is 29.9 Å². The van der Waals surface area contributed by atoms with E-state index in [1.165, 1.54) is 19.2 Å². The molecule has 1 fully saturated rings. The highest BCUT2D eigenvalue weighted by molar-refractivity contribution is 6.31. The van der Waals surface area contributed by atoms with E-state index in [0.29, 0.717) is 16.4 Å². The lowest BCUT2D eigenvalue weighted by Gasteiger charge is -2.21. The Bertz CT molecular complexity index is 727. The van der Waals surface area contributed by atoms with Gasteiger partial charge in [-0.2, -0.15) is 0 Å². The first-order valence-corrected chi connectivity index (χ1v) is 8.66. The minimum absolute atomic E-state index is 0.256. The van der Waals surface area contributed by atoms with Gasteiger partial charge in [-0.3, -0.25) is 4.79 Å². The molecule has 1 amide bonds. The molecule has 3 rings (SSSR count). The molecule has 1 aromatic heterocycles. The lowest BCUT2D eigenvalue weighted by Crippen LogP contribution is -2.25. The summed E-state index contributed by atoms with van der Waals surface area (Å²) in [5, 5.41) is 3.46. The summed E-state index contributed by atoms with van der Waals surface area (Å²) in [5.74, 6) is 0.562. The zero-order chi connectivity index (χ0) is 16.9. The lowest BCUT2D eigenvalue weighted by molar-refractivity contribution is 0.102. The van der Waals surface area contributed by atoms with Gasteiger partial charge in [0.2, 0.25) is 0 Å². The zero-order valence-corrected chi connectivity index (χ0v) is 14.5. The highest BCUT2D eigenvalue weighted by Gasteiger charge is 2.15. The van der Waals surface area contributed by atoms with Crippen LogP contribution in [-0.4, -0.2) is 29.0 Å². The van der Waals surface area contributed by atoms with Gasteiger partial charge in [-0.25, -0.2) is 9.97 Å². The van der Waals surface area contributed by atoms with E-state index in [1.807, 2.05) is 19.1 Å². The van der Waals surface area contributed by atoms with Gasteiger partial charge in [-0.05, 0) is 37.5 Å². The molecule has 1 saturated heterocycles. The number of carbonyl (C=O) groups excluding carboxylic acids is 1. The highest BCUT2D eigenvalue weighted by Crippen LogP contribution is 2.21. The predicted molar refractivity (Wildman–Crippen MR) is 96.9 cm³/mol. The Kier molecular flexibility index (Phi) is 5.30. The van der Waals surface area contributed by atoms with Crippen molar-refractivity contribution in [3.8, 4) is 0 Å². The number of carbonyl (C=O) groups is 1. The van der Waals surface area contributed by atoms with Crippen molar-refractivity contribution in [2.24, 2.45) is 0 Å². The predicted octanol–water partition coefficient (Wildman–Crippen LogP) is 4.07. The topological polar surface area (TPSA) is 58.1 Å². The number of amides is 1. The fourth-order valence-electron chi connectivity index (χ4n) is 2.81. The van der Waals surface area contributed by atoms with Crippen molar-refractivity contribution in [2.45, 2.75) is 32.6 Å². The molecule has 1 N–H and O–H groups in total. The molecule has 0 radical (unpaired) electrons. The van der Waals surface area contributed by atoms with Crippen LogP contribution < -0.4 is 10.2 Å². The summed E-state index contributed by atoms with van der Waals surface area (Å²) in [6.07, 6.45) is 6.28. The van der Waals surface area contributed by atoms with E-state index >= 15 is 0 Å². The maximum atomic E-state index is 12.5. The van der Waals surface area contributed by atoms with Gasteiger partial charge < -0.3 is 10.2 Å². The van der Waals surface area contributed by atoms with Crippen molar-refractivity contribution in [1.82, 2.24) is 9.97 Å². The second-order valence-corrected chi connectivity index (χ2v) is 6.49. The average molecular weight is 345 g/mol. The van der Waals surface area contributed by atoms with E-state index in [-0.39, 0.29) is 5.91 Å². The van der Waals surface area contributed by atoms with E-state index in [9.17, 15) is 4.79 Å². The normalized spacial score (nSPS) is 15.0. The zero-order valence-electron chi connectivity index (χ0n) is 13.8. The number of hydrogen-bond acceptors (Lipinski definition) is 4. The standard InChI is InChI=1S/C18H21ClN4O/c1-13-6-7-14(10-15(13)19)22-18(24)16-11-17(21-12-20-16)23-8-4-2-3-5-9-23/h6-7,10-12H,2-5,8-9H2,1H3,(H,22,24). The van der Waals surface area contributed by atoms with Crippen LogP contribution in [0.25, 0.3) is 0 Å². The fraction of sp³-hybridized carbons (Fsp3) is 0.389. The van der Waals surface area contributed by atoms with Crippen molar-refractivity contribution in [1.29, 1.82) is 0 Å². The van der Waals surface area contributed by atoms with Crippen LogP contribution in [-0.2, 0) is 0 Å². The van der Waals surface area contributed by atoms with Crippen molar-refractivity contribution >= 4 is 29.0 Å². The van der Waals surface area contributed by atoms with Crippen LogP contribution in [0.2, 0.25) is 5.02 Å². The average Bonchev–Trinajstić information content (AvgIpc) is 2.88. The van der Waals surface area contributed by atoms with Gasteiger partial charge in [-0.1, -0.05) is 30.5 Å². The smallest absolute Gasteiger partial charge is 0.274 e. The number of anilines is 2. The molecule has 0 aliphatic carbocycles. The molecule has 1 aliphatic rings. The Morgan fingerprint density at radius 3 is 2.58 bits per heavy atom. The third-order valence-electron chi connectivity index (χ3n) is 4.25. The molecule has 0 unspecified atom stereocenters. The number of aryl methyl sites for hydroxylation is 1. The largest absolute Gasteiger partial charge is 0.357 e. The fourth-order valence-corrected chi connectivity index (χ4v) is 2.99. The second kappa shape index (κ2) is 7.62. The molecular weight excluding hydrogens is 324 g/mol. The molecule has 1 aromatic carbocycles. The monoisotopic (exact) mass is 344 g/mol. The van der Waals surface area contributed by atoms with Crippen LogP contribution in [0.3, 0.4) is 0 Å². The highest BCUT2D eigenvalue weighted by atomic mass is 35.5. The quantitative estimate of drug-likeness (QED) is 0.911. The Labute approximate surface area is 147 Å². The molecule has 0 saturated carbocycles. The van der Waals surface area contributed by atoms with Gasteiger partial charge >= 0.3 is 0 Å². The maximum Gasteiger partial charge on any atom is 0.274 e. The number of hydrogen-bond donors (Lipinski definition) is 1. The number of halogens is 1. The molecule has 2 heterocycles. The molecule has 1 aliphatic heterocycles. The Morgan fingerprint density at radius 2 is 1.88 bits per heavy atom. The van der Waals surface area contributed by atoms with E-state index in [2.05, 4.69) is 20.2 Å². The summed E-state index contributed by atoms with van der Waals surface area (Å²) >= 11 is 6.10. The lowest BCUT2D eigenvalue weighted by atomic mass is 10.2. The van der Waals surface area contributed by atoms with Gasteiger partial charge in [-0.15, -0.1) is 0 Å². The Morgan fingerprint density at radius 1 is 1.12 bits per heavy atom. The van der Waals surface area contributed by atoms with Gasteiger partial charge in [0.1, 0.15) is 17.8 Å². The molecule has 6 heteroatoms. The number of aromatic nitrogens is 2. The molecule has 0 spiro atoms. The summed E-state index contributed by atoms with van der Waals surface area (Å²) in [6, 6.07) is 7.21. The van der Waals surface area contributed by atoms with Crippen LogP contribution in [0.5, 0.6) is 0 Å². The van der Waals surface area contributed by atoms with Crippen LogP contribution in [0.4, 0.5) is 11.5 Å². The van der Waals surface area contributed by atoms with E-state index in [0.717, 1.165) is 37.3 Å². The molecule has 24 heavy (non-hydrogen) atoms. The van der Waals surface area contributed by atoms with E-state index in [1.54, 1.807) is 12.1 Å². The van der Waals surface area contributed by atoms with E-state index < -0.39 is 0 Å². The van der Waals surface area contributed by atoms with Crippen molar-refractivity contribution < 1.29 is 4.79 Å². The number of nitrogens with zero attached hydrogens (tertiary/aromatic N) is 3. The number of benzene rings is 1.